The summed E-state index contributed by atoms with van der Waals surface area (Å²) in [5, 5.41) is 9.37. The zero-order chi connectivity index (χ0) is 22.1. The number of amides is 1. The van der Waals surface area contributed by atoms with Crippen LogP contribution in [0.4, 0.5) is 0 Å². The number of imidazole rings is 1. The summed E-state index contributed by atoms with van der Waals surface area (Å²) in [4.78, 5) is 26.4. The average molecular weight is 433 g/mol. The van der Waals surface area contributed by atoms with E-state index in [0.717, 1.165) is 41.3 Å². The van der Waals surface area contributed by atoms with E-state index >= 15 is 0 Å². The van der Waals surface area contributed by atoms with Crippen molar-refractivity contribution in [2.75, 3.05) is 6.54 Å². The number of piperidine rings is 1. The van der Waals surface area contributed by atoms with Gasteiger partial charge in [-0.3, -0.25) is 9.79 Å². The molecule has 3 aliphatic heterocycles. The highest BCUT2D eigenvalue weighted by molar-refractivity contribution is 5.96. The minimum Gasteiger partial charge on any atom is -0.353 e. The van der Waals surface area contributed by atoms with Gasteiger partial charge in [-0.05, 0) is 50.1 Å². The van der Waals surface area contributed by atoms with Crippen LogP contribution in [0, 0.1) is 6.92 Å². The molecular weight excluding hydrogens is 404 g/mol. The summed E-state index contributed by atoms with van der Waals surface area (Å²) in [6.07, 6.45) is 9.60. The molecule has 9 heteroatoms. The number of nitrogens with two attached hydrogens (primary N) is 1. The summed E-state index contributed by atoms with van der Waals surface area (Å²) in [7, 11) is 0. The molecule has 1 saturated heterocycles. The molecule has 4 heterocycles. The Morgan fingerprint density at radius 2 is 2.19 bits per heavy atom. The minimum atomic E-state index is -0.448. The molecule has 0 spiro atoms. The standard InChI is InChI=1S/C23H28N8O/c1-14-12-15(5-6-16(14)23(32)29-18-7-9-25-13-28-18)19-20-21(24)27-10-11-31(20)22(30-19)17-4-2-3-8-26-17/h5-7,9-10,12-13,17-18,21,26H,2-4,8,11,24H2,1H3,(H,25,28)(H,29,32). The minimum absolute atomic E-state index is 0.164. The molecule has 2 aromatic rings. The molecule has 3 atom stereocenters. The highest BCUT2D eigenvalue weighted by Crippen LogP contribution is 2.35. The predicted molar refractivity (Wildman–Crippen MR) is 124 cm³/mol. The number of carbonyl (C=O) groups is 1. The quantitative estimate of drug-likeness (QED) is 0.588. The number of aromatic nitrogens is 2. The number of carbonyl (C=O) groups excluding carboxylic acids is 1. The van der Waals surface area contributed by atoms with E-state index in [4.69, 9.17) is 10.7 Å². The van der Waals surface area contributed by atoms with Gasteiger partial charge in [0.05, 0.1) is 30.3 Å². The average Bonchev–Trinajstić information content (AvgIpc) is 3.21. The lowest BCUT2D eigenvalue weighted by Gasteiger charge is -2.25. The smallest absolute Gasteiger partial charge is 0.253 e. The molecule has 3 unspecified atom stereocenters. The third kappa shape index (κ3) is 3.85. The van der Waals surface area contributed by atoms with E-state index in [-0.39, 0.29) is 18.1 Å². The van der Waals surface area contributed by atoms with Gasteiger partial charge in [-0.2, -0.15) is 0 Å². The second kappa shape index (κ2) is 8.68. The van der Waals surface area contributed by atoms with Gasteiger partial charge < -0.3 is 26.3 Å². The van der Waals surface area contributed by atoms with E-state index in [1.54, 1.807) is 18.6 Å². The number of hydrogen-bond donors (Lipinski definition) is 4. The largest absolute Gasteiger partial charge is 0.353 e. The number of aliphatic imine (C=N–C) groups is 2. The Labute approximate surface area is 186 Å². The topological polar surface area (TPSA) is 122 Å². The van der Waals surface area contributed by atoms with E-state index in [1.807, 2.05) is 31.3 Å². The van der Waals surface area contributed by atoms with Crippen molar-refractivity contribution >= 4 is 18.5 Å². The number of fused-ring (bicyclic) bond motifs is 1. The van der Waals surface area contributed by atoms with Crippen LogP contribution in [0.1, 0.15) is 58.9 Å². The molecule has 3 aliphatic rings. The number of nitrogens with zero attached hydrogens (tertiary/aromatic N) is 4. The van der Waals surface area contributed by atoms with Crippen LogP contribution in [-0.4, -0.2) is 40.7 Å². The molecule has 1 amide bonds. The zero-order valence-electron chi connectivity index (χ0n) is 18.1. The van der Waals surface area contributed by atoms with Crippen LogP contribution in [0.2, 0.25) is 0 Å². The number of benzene rings is 1. The van der Waals surface area contributed by atoms with E-state index in [1.165, 1.54) is 12.8 Å². The maximum Gasteiger partial charge on any atom is 0.253 e. The molecule has 1 aromatic carbocycles. The van der Waals surface area contributed by atoms with Crippen molar-refractivity contribution in [1.82, 2.24) is 25.5 Å². The Balaban J connectivity index is 1.47. The van der Waals surface area contributed by atoms with Gasteiger partial charge in [-0.15, -0.1) is 0 Å². The maximum absolute atomic E-state index is 12.8. The lowest BCUT2D eigenvalue weighted by atomic mass is 10.0. The highest BCUT2D eigenvalue weighted by atomic mass is 16.1. The summed E-state index contributed by atoms with van der Waals surface area (Å²) >= 11 is 0. The molecule has 1 fully saturated rings. The monoisotopic (exact) mass is 432 g/mol. The van der Waals surface area contributed by atoms with Gasteiger partial charge in [0.2, 0.25) is 0 Å². The van der Waals surface area contributed by atoms with Crippen LogP contribution in [0.5, 0.6) is 0 Å². The number of rotatable bonds is 4. The number of nitrogens with one attached hydrogen (secondary N) is 3. The summed E-state index contributed by atoms with van der Waals surface area (Å²) in [5.41, 5.74) is 10.6. The molecule has 5 rings (SSSR count). The Morgan fingerprint density at radius 3 is 2.94 bits per heavy atom. The molecule has 32 heavy (non-hydrogen) atoms. The summed E-state index contributed by atoms with van der Waals surface area (Å²) in [5.74, 6) is 0.856. The van der Waals surface area contributed by atoms with Crippen molar-refractivity contribution in [2.24, 2.45) is 15.7 Å². The highest BCUT2D eigenvalue weighted by Gasteiger charge is 2.29. The first-order valence-corrected chi connectivity index (χ1v) is 11.1. The van der Waals surface area contributed by atoms with Crippen LogP contribution in [0.3, 0.4) is 0 Å². The zero-order valence-corrected chi connectivity index (χ0v) is 18.1. The van der Waals surface area contributed by atoms with Crippen molar-refractivity contribution in [3.8, 4) is 11.3 Å². The molecular formula is C23H28N8O. The second-order valence-electron chi connectivity index (χ2n) is 8.35. The van der Waals surface area contributed by atoms with Crippen molar-refractivity contribution < 1.29 is 4.79 Å². The van der Waals surface area contributed by atoms with Crippen LogP contribution in [0.15, 0.2) is 40.5 Å². The molecule has 5 N–H and O–H groups in total. The molecule has 166 valence electrons. The molecule has 9 nitrogen and oxygen atoms in total. The van der Waals surface area contributed by atoms with Gasteiger partial charge in [0, 0.05) is 23.5 Å². The third-order valence-electron chi connectivity index (χ3n) is 6.18. The molecule has 0 aliphatic carbocycles. The van der Waals surface area contributed by atoms with Crippen LogP contribution < -0.4 is 21.7 Å². The molecule has 0 bridgehead atoms. The Kier molecular flexibility index (Phi) is 5.59. The van der Waals surface area contributed by atoms with E-state index in [9.17, 15) is 4.79 Å². The van der Waals surface area contributed by atoms with Gasteiger partial charge in [0.1, 0.15) is 18.2 Å². The van der Waals surface area contributed by atoms with Crippen LogP contribution in [-0.2, 0) is 6.54 Å². The van der Waals surface area contributed by atoms with Crippen molar-refractivity contribution in [2.45, 2.75) is 51.1 Å². The summed E-state index contributed by atoms with van der Waals surface area (Å²) < 4.78 is 2.20. The van der Waals surface area contributed by atoms with Crippen LogP contribution >= 0.6 is 0 Å². The fraction of sp³-hybridized carbons (Fsp3) is 0.391. The third-order valence-corrected chi connectivity index (χ3v) is 6.18. The fourth-order valence-corrected chi connectivity index (χ4v) is 4.56. The second-order valence-corrected chi connectivity index (χ2v) is 8.35. The summed E-state index contributed by atoms with van der Waals surface area (Å²) in [6, 6.07) is 6.01. The first kappa shape index (κ1) is 20.6. The normalized spacial score (nSPS) is 24.1. The van der Waals surface area contributed by atoms with Crippen LogP contribution in [0.25, 0.3) is 11.3 Å². The molecule has 1 aromatic heterocycles. The van der Waals surface area contributed by atoms with Crippen molar-refractivity contribution in [3.05, 3.63) is 53.1 Å². The Bertz CT molecular complexity index is 1100. The lowest BCUT2D eigenvalue weighted by molar-refractivity contribution is 0.0945. The van der Waals surface area contributed by atoms with Crippen molar-refractivity contribution in [3.63, 3.8) is 0 Å². The predicted octanol–water partition coefficient (Wildman–Crippen LogP) is 1.92. The number of hydrogen-bond acceptors (Lipinski definition) is 7. The van der Waals surface area contributed by atoms with Gasteiger partial charge in [-0.1, -0.05) is 12.5 Å². The van der Waals surface area contributed by atoms with E-state index in [2.05, 4.69) is 30.5 Å². The van der Waals surface area contributed by atoms with Gasteiger partial charge in [0.15, 0.2) is 0 Å². The molecule has 0 saturated carbocycles. The maximum atomic E-state index is 12.8. The fourth-order valence-electron chi connectivity index (χ4n) is 4.56. The first-order chi connectivity index (χ1) is 15.6. The first-order valence-electron chi connectivity index (χ1n) is 11.1. The van der Waals surface area contributed by atoms with E-state index < -0.39 is 6.17 Å². The number of aryl methyl sites for hydroxylation is 1. The van der Waals surface area contributed by atoms with Gasteiger partial charge >= 0.3 is 0 Å². The molecule has 0 radical (unpaired) electrons. The lowest BCUT2D eigenvalue weighted by Crippen LogP contribution is -2.34. The van der Waals surface area contributed by atoms with E-state index in [0.29, 0.717) is 12.1 Å². The van der Waals surface area contributed by atoms with Gasteiger partial charge in [-0.25, -0.2) is 9.98 Å². The Hall–Kier alpha value is -3.30. The Morgan fingerprint density at radius 1 is 1.28 bits per heavy atom. The SMILES string of the molecule is Cc1cc(-c2nc(C3CCCCN3)n3c2C(N)N=CC3)ccc1C(=O)NC1C=CNC=N1. The summed E-state index contributed by atoms with van der Waals surface area (Å²) in [6.45, 7) is 3.61. The van der Waals surface area contributed by atoms with Gasteiger partial charge in [0.25, 0.3) is 5.91 Å². The van der Waals surface area contributed by atoms with Crippen molar-refractivity contribution in [1.29, 1.82) is 0 Å².